The highest BCUT2D eigenvalue weighted by molar-refractivity contribution is 6.29. The van der Waals surface area contributed by atoms with Gasteiger partial charge in [0.2, 0.25) is 0 Å². The molecule has 1 saturated carbocycles. The lowest BCUT2D eigenvalue weighted by Gasteiger charge is -2.40. The number of halogens is 1. The quantitative estimate of drug-likeness (QED) is 0.663. The molecule has 0 spiro atoms. The Balaban J connectivity index is 1.77. The van der Waals surface area contributed by atoms with Crippen LogP contribution in [0.5, 0.6) is 0 Å². The van der Waals surface area contributed by atoms with Crippen molar-refractivity contribution in [2.75, 3.05) is 6.54 Å². The molecule has 0 radical (unpaired) electrons. The van der Waals surface area contributed by atoms with Gasteiger partial charge in [0.15, 0.2) is 0 Å². The van der Waals surface area contributed by atoms with Crippen LogP contribution >= 0.6 is 11.6 Å². The maximum atomic E-state index is 5.67. The molecule has 1 fully saturated rings. The van der Waals surface area contributed by atoms with Gasteiger partial charge in [-0.05, 0) is 24.7 Å². The van der Waals surface area contributed by atoms with E-state index in [1.807, 2.05) is 0 Å². The first-order valence-electron chi connectivity index (χ1n) is 4.50. The zero-order valence-corrected chi connectivity index (χ0v) is 7.85. The fourth-order valence-electron chi connectivity index (χ4n) is 2.19. The number of allylic oxidation sites excluding steroid dienone is 1. The highest BCUT2D eigenvalue weighted by Crippen LogP contribution is 2.42. The summed E-state index contributed by atoms with van der Waals surface area (Å²) in [5.74, 6) is 1.70. The van der Waals surface area contributed by atoms with Crippen molar-refractivity contribution in [3.05, 3.63) is 23.8 Å². The molecule has 0 heterocycles. The van der Waals surface area contributed by atoms with Crippen LogP contribution in [0.15, 0.2) is 23.8 Å². The van der Waals surface area contributed by atoms with Gasteiger partial charge in [0.25, 0.3) is 0 Å². The standard InChI is InChI=1S/C10H14ClN/c1-7(11)6-12-10-5-8-3-2-4-9(8)10/h2,4,8-10,12H,1,3,5-6H2. The van der Waals surface area contributed by atoms with Crippen LogP contribution < -0.4 is 5.32 Å². The van der Waals surface area contributed by atoms with Crippen LogP contribution in [0, 0.1) is 11.8 Å². The van der Waals surface area contributed by atoms with Crippen LogP contribution in [-0.2, 0) is 0 Å². The second-order valence-corrected chi connectivity index (χ2v) is 4.28. The number of hydrogen-bond acceptors (Lipinski definition) is 1. The molecule has 0 aromatic carbocycles. The normalized spacial score (nSPS) is 37.6. The molecule has 3 unspecified atom stereocenters. The molecule has 2 aliphatic carbocycles. The molecule has 0 aliphatic heterocycles. The third-order valence-electron chi connectivity index (χ3n) is 2.92. The summed E-state index contributed by atoms with van der Waals surface area (Å²) < 4.78 is 0. The van der Waals surface area contributed by atoms with Gasteiger partial charge < -0.3 is 5.32 Å². The maximum Gasteiger partial charge on any atom is 0.0310 e. The molecule has 0 aromatic heterocycles. The zero-order chi connectivity index (χ0) is 8.55. The summed E-state index contributed by atoms with van der Waals surface area (Å²) in [5, 5.41) is 4.12. The fraction of sp³-hybridized carbons (Fsp3) is 0.600. The van der Waals surface area contributed by atoms with Gasteiger partial charge in [0.1, 0.15) is 0 Å². The molecule has 2 aliphatic rings. The van der Waals surface area contributed by atoms with Crippen molar-refractivity contribution < 1.29 is 0 Å². The van der Waals surface area contributed by atoms with Crippen molar-refractivity contribution in [2.24, 2.45) is 11.8 Å². The van der Waals surface area contributed by atoms with E-state index in [9.17, 15) is 0 Å². The Bertz CT molecular complexity index is 222. The van der Waals surface area contributed by atoms with Crippen LogP contribution in [0.3, 0.4) is 0 Å². The van der Waals surface area contributed by atoms with Crippen molar-refractivity contribution in [3.8, 4) is 0 Å². The third-order valence-corrected chi connectivity index (χ3v) is 3.05. The van der Waals surface area contributed by atoms with E-state index < -0.39 is 0 Å². The molecule has 0 aromatic rings. The Morgan fingerprint density at radius 2 is 2.50 bits per heavy atom. The fourth-order valence-corrected chi connectivity index (χ4v) is 2.27. The highest BCUT2D eigenvalue weighted by atomic mass is 35.5. The number of fused-ring (bicyclic) bond motifs is 1. The first-order valence-corrected chi connectivity index (χ1v) is 4.88. The summed E-state index contributed by atoms with van der Waals surface area (Å²) in [6.45, 7) is 4.41. The largest absolute Gasteiger partial charge is 0.308 e. The molecule has 0 bridgehead atoms. The van der Waals surface area contributed by atoms with Gasteiger partial charge in [-0.15, -0.1) is 0 Å². The van der Waals surface area contributed by atoms with Crippen molar-refractivity contribution in [1.29, 1.82) is 0 Å². The first kappa shape index (κ1) is 8.33. The van der Waals surface area contributed by atoms with Crippen molar-refractivity contribution in [1.82, 2.24) is 5.32 Å². The highest BCUT2D eigenvalue weighted by Gasteiger charge is 2.40. The van der Waals surface area contributed by atoms with Crippen molar-refractivity contribution in [3.63, 3.8) is 0 Å². The maximum absolute atomic E-state index is 5.67. The Morgan fingerprint density at radius 3 is 3.17 bits per heavy atom. The van der Waals surface area contributed by atoms with E-state index in [1.54, 1.807) is 0 Å². The molecule has 12 heavy (non-hydrogen) atoms. The monoisotopic (exact) mass is 183 g/mol. The Labute approximate surface area is 78.5 Å². The summed E-state index contributed by atoms with van der Waals surface area (Å²) >= 11 is 5.67. The van der Waals surface area contributed by atoms with E-state index in [-0.39, 0.29) is 0 Å². The summed E-state index contributed by atoms with van der Waals surface area (Å²) in [6, 6.07) is 0.657. The molecule has 2 rings (SSSR count). The Hall–Kier alpha value is -0.270. The Kier molecular flexibility index (Phi) is 2.24. The van der Waals surface area contributed by atoms with Crippen LogP contribution in [-0.4, -0.2) is 12.6 Å². The van der Waals surface area contributed by atoms with Crippen LogP contribution in [0.1, 0.15) is 12.8 Å². The lowest BCUT2D eigenvalue weighted by atomic mass is 9.71. The van der Waals surface area contributed by atoms with E-state index in [0.717, 1.165) is 18.4 Å². The smallest absolute Gasteiger partial charge is 0.0310 e. The number of rotatable bonds is 3. The molecule has 3 atom stereocenters. The first-order chi connectivity index (χ1) is 5.77. The topological polar surface area (TPSA) is 12.0 Å². The average Bonchev–Trinajstić information content (AvgIpc) is 2.32. The molecule has 1 nitrogen and oxygen atoms in total. The third kappa shape index (κ3) is 1.44. The van der Waals surface area contributed by atoms with Crippen LogP contribution in [0.2, 0.25) is 0 Å². The SMILES string of the molecule is C=C(Cl)CNC1CC2CC=CC21. The van der Waals surface area contributed by atoms with E-state index in [2.05, 4.69) is 24.0 Å². The van der Waals surface area contributed by atoms with Crippen LogP contribution in [0.25, 0.3) is 0 Å². The molecule has 1 N–H and O–H groups in total. The lowest BCUT2D eigenvalue weighted by Crippen LogP contribution is -2.48. The average molecular weight is 184 g/mol. The molecule has 0 amide bonds. The van der Waals surface area contributed by atoms with E-state index in [1.165, 1.54) is 12.8 Å². The number of hydrogen-bond donors (Lipinski definition) is 1. The predicted octanol–water partition coefficient (Wildman–Crippen LogP) is 2.29. The molecule has 66 valence electrons. The molecule has 0 saturated heterocycles. The molecular weight excluding hydrogens is 170 g/mol. The predicted molar refractivity (Wildman–Crippen MR) is 52.1 cm³/mol. The minimum atomic E-state index is 0.657. The van der Waals surface area contributed by atoms with Crippen LogP contribution in [0.4, 0.5) is 0 Å². The number of nitrogens with one attached hydrogen (secondary N) is 1. The van der Waals surface area contributed by atoms with Crippen molar-refractivity contribution in [2.45, 2.75) is 18.9 Å². The van der Waals surface area contributed by atoms with Gasteiger partial charge >= 0.3 is 0 Å². The van der Waals surface area contributed by atoms with E-state index in [4.69, 9.17) is 11.6 Å². The van der Waals surface area contributed by atoms with Gasteiger partial charge in [-0.25, -0.2) is 0 Å². The van der Waals surface area contributed by atoms with Crippen molar-refractivity contribution >= 4 is 11.6 Å². The minimum Gasteiger partial charge on any atom is -0.308 e. The minimum absolute atomic E-state index is 0.657. The molecular formula is C10H14ClN. The lowest BCUT2D eigenvalue weighted by molar-refractivity contribution is 0.167. The second kappa shape index (κ2) is 3.23. The van der Waals surface area contributed by atoms with E-state index >= 15 is 0 Å². The summed E-state index contributed by atoms with van der Waals surface area (Å²) in [5.41, 5.74) is 0. The van der Waals surface area contributed by atoms with Gasteiger partial charge in [-0.3, -0.25) is 0 Å². The second-order valence-electron chi connectivity index (χ2n) is 3.74. The summed E-state index contributed by atoms with van der Waals surface area (Å²) in [7, 11) is 0. The molecule has 2 heteroatoms. The summed E-state index contributed by atoms with van der Waals surface area (Å²) in [6.07, 6.45) is 7.22. The van der Waals surface area contributed by atoms with Gasteiger partial charge in [0, 0.05) is 17.6 Å². The Morgan fingerprint density at radius 1 is 1.67 bits per heavy atom. The van der Waals surface area contributed by atoms with Gasteiger partial charge in [-0.1, -0.05) is 30.3 Å². The van der Waals surface area contributed by atoms with E-state index in [0.29, 0.717) is 11.1 Å². The summed E-state index contributed by atoms with van der Waals surface area (Å²) in [4.78, 5) is 0. The van der Waals surface area contributed by atoms with Gasteiger partial charge in [-0.2, -0.15) is 0 Å². The zero-order valence-electron chi connectivity index (χ0n) is 7.09. The van der Waals surface area contributed by atoms with Gasteiger partial charge in [0.05, 0.1) is 0 Å².